The third-order valence-electron chi connectivity index (χ3n) is 4.24. The number of halogens is 1. The molecule has 1 aliphatic rings. The zero-order valence-electron chi connectivity index (χ0n) is 14.0. The van der Waals surface area contributed by atoms with Crippen molar-refractivity contribution in [2.45, 2.75) is 26.3 Å². The number of carbonyl (C=O) groups excluding carboxylic acids is 1. The molecule has 0 unspecified atom stereocenters. The van der Waals surface area contributed by atoms with E-state index < -0.39 is 10.0 Å². The standard InChI is InChI=1S/C18H19ClN2O3S/c1-3-25(23,24)21-12(2)9-14-10-13(7-8-17(14)21)18(22)20-16-6-4-5-15(19)11-16/h4-8,10-12H,3,9H2,1-2H3,(H,20,22)/t12-/m0/s1. The number of amides is 1. The van der Waals surface area contributed by atoms with Crippen molar-refractivity contribution in [2.75, 3.05) is 15.4 Å². The number of nitrogens with zero attached hydrogens (tertiary/aromatic N) is 1. The van der Waals surface area contributed by atoms with Crippen LogP contribution in [-0.2, 0) is 16.4 Å². The third kappa shape index (κ3) is 3.50. The summed E-state index contributed by atoms with van der Waals surface area (Å²) in [6, 6.07) is 11.9. The average Bonchev–Trinajstić information content (AvgIpc) is 2.90. The number of benzene rings is 2. The number of anilines is 2. The summed E-state index contributed by atoms with van der Waals surface area (Å²) in [6.45, 7) is 3.51. The normalized spacial score (nSPS) is 16.6. The summed E-state index contributed by atoms with van der Waals surface area (Å²) in [4.78, 5) is 12.5. The largest absolute Gasteiger partial charge is 0.322 e. The highest BCUT2D eigenvalue weighted by atomic mass is 35.5. The van der Waals surface area contributed by atoms with Gasteiger partial charge in [0.05, 0.1) is 11.4 Å². The van der Waals surface area contributed by atoms with E-state index in [1.807, 2.05) is 6.92 Å². The Balaban J connectivity index is 1.87. The Morgan fingerprint density at radius 2 is 2.04 bits per heavy atom. The predicted octanol–water partition coefficient (Wildman–Crippen LogP) is 3.69. The molecule has 0 fully saturated rings. The van der Waals surface area contributed by atoms with Crippen LogP contribution in [0.1, 0.15) is 29.8 Å². The SMILES string of the molecule is CCS(=O)(=O)N1c2ccc(C(=O)Nc3cccc(Cl)c3)cc2C[C@@H]1C. The molecule has 132 valence electrons. The Morgan fingerprint density at radius 1 is 1.28 bits per heavy atom. The van der Waals surface area contributed by atoms with Crippen molar-refractivity contribution < 1.29 is 13.2 Å². The number of nitrogens with one attached hydrogen (secondary N) is 1. The van der Waals surface area contributed by atoms with Gasteiger partial charge in [-0.15, -0.1) is 0 Å². The van der Waals surface area contributed by atoms with E-state index in [1.165, 1.54) is 4.31 Å². The van der Waals surface area contributed by atoms with E-state index in [4.69, 9.17) is 11.6 Å². The maximum atomic E-state index is 12.5. The predicted molar refractivity (Wildman–Crippen MR) is 101 cm³/mol. The van der Waals surface area contributed by atoms with E-state index in [1.54, 1.807) is 49.4 Å². The quantitative estimate of drug-likeness (QED) is 0.882. The van der Waals surface area contributed by atoms with Crippen LogP contribution in [-0.4, -0.2) is 26.1 Å². The molecular weight excluding hydrogens is 360 g/mol. The van der Waals surface area contributed by atoms with Gasteiger partial charge in [0.15, 0.2) is 0 Å². The number of carbonyl (C=O) groups is 1. The van der Waals surface area contributed by atoms with Crippen molar-refractivity contribution in [1.82, 2.24) is 0 Å². The molecule has 1 heterocycles. The lowest BCUT2D eigenvalue weighted by molar-refractivity contribution is 0.102. The van der Waals surface area contributed by atoms with Gasteiger partial charge in [0, 0.05) is 22.3 Å². The summed E-state index contributed by atoms with van der Waals surface area (Å²) < 4.78 is 26.1. The van der Waals surface area contributed by atoms with E-state index >= 15 is 0 Å². The molecule has 0 spiro atoms. The summed E-state index contributed by atoms with van der Waals surface area (Å²) in [6.07, 6.45) is 0.590. The molecule has 7 heteroatoms. The van der Waals surface area contributed by atoms with E-state index in [9.17, 15) is 13.2 Å². The van der Waals surface area contributed by atoms with Crippen LogP contribution in [0.2, 0.25) is 5.02 Å². The lowest BCUT2D eigenvalue weighted by Gasteiger charge is -2.23. The van der Waals surface area contributed by atoms with Crippen molar-refractivity contribution in [3.63, 3.8) is 0 Å². The first-order valence-corrected chi connectivity index (χ1v) is 10.0. The minimum atomic E-state index is -3.33. The Bertz CT molecular complexity index is 928. The van der Waals surface area contributed by atoms with Crippen LogP contribution in [0.25, 0.3) is 0 Å². The first-order valence-electron chi connectivity index (χ1n) is 8.04. The molecule has 5 nitrogen and oxygen atoms in total. The second-order valence-corrected chi connectivity index (χ2v) is 8.63. The number of sulfonamides is 1. The molecule has 2 aromatic rings. The fraction of sp³-hybridized carbons (Fsp3) is 0.278. The second kappa shape index (κ2) is 6.69. The monoisotopic (exact) mass is 378 g/mol. The zero-order valence-corrected chi connectivity index (χ0v) is 15.6. The average molecular weight is 379 g/mol. The van der Waals surface area contributed by atoms with E-state index in [0.29, 0.717) is 28.4 Å². The van der Waals surface area contributed by atoms with Gasteiger partial charge in [0.25, 0.3) is 5.91 Å². The zero-order chi connectivity index (χ0) is 18.2. The Morgan fingerprint density at radius 3 is 2.72 bits per heavy atom. The van der Waals surface area contributed by atoms with Gasteiger partial charge in [-0.25, -0.2) is 8.42 Å². The Labute approximate surface area is 152 Å². The maximum Gasteiger partial charge on any atom is 0.255 e. The van der Waals surface area contributed by atoms with Gasteiger partial charge < -0.3 is 5.32 Å². The lowest BCUT2D eigenvalue weighted by atomic mass is 10.1. The number of hydrogen-bond donors (Lipinski definition) is 1. The Kier molecular flexibility index (Phi) is 4.75. The van der Waals surface area contributed by atoms with Gasteiger partial charge in [0.1, 0.15) is 0 Å². The molecule has 0 bridgehead atoms. The highest BCUT2D eigenvalue weighted by Gasteiger charge is 2.34. The molecule has 0 radical (unpaired) electrons. The van der Waals surface area contributed by atoms with Gasteiger partial charge >= 0.3 is 0 Å². The third-order valence-corrected chi connectivity index (χ3v) is 6.36. The fourth-order valence-corrected chi connectivity index (χ4v) is 4.65. The van der Waals surface area contributed by atoms with Crippen molar-refractivity contribution in [3.8, 4) is 0 Å². The van der Waals surface area contributed by atoms with Gasteiger partial charge in [-0.3, -0.25) is 9.10 Å². The number of fused-ring (bicyclic) bond motifs is 1. The molecule has 3 rings (SSSR count). The molecular formula is C18H19ClN2O3S. The molecule has 0 aliphatic carbocycles. The van der Waals surface area contributed by atoms with Gasteiger partial charge in [-0.05, 0) is 62.2 Å². The molecule has 1 amide bonds. The van der Waals surface area contributed by atoms with Crippen molar-refractivity contribution >= 4 is 38.9 Å². The molecule has 0 saturated carbocycles. The minimum absolute atomic E-state index is 0.0494. The summed E-state index contributed by atoms with van der Waals surface area (Å²) >= 11 is 5.93. The summed E-state index contributed by atoms with van der Waals surface area (Å²) in [5, 5.41) is 3.34. The van der Waals surface area contributed by atoms with Crippen LogP contribution in [0.15, 0.2) is 42.5 Å². The molecule has 1 atom stereocenters. The molecule has 25 heavy (non-hydrogen) atoms. The van der Waals surface area contributed by atoms with Crippen molar-refractivity contribution in [2.24, 2.45) is 0 Å². The van der Waals surface area contributed by atoms with E-state index in [2.05, 4.69) is 5.32 Å². The number of rotatable bonds is 4. The van der Waals surface area contributed by atoms with Crippen molar-refractivity contribution in [3.05, 3.63) is 58.6 Å². The molecule has 0 saturated heterocycles. The van der Waals surface area contributed by atoms with Crippen LogP contribution < -0.4 is 9.62 Å². The van der Waals surface area contributed by atoms with Crippen LogP contribution >= 0.6 is 11.6 Å². The van der Waals surface area contributed by atoms with Crippen LogP contribution in [0.4, 0.5) is 11.4 Å². The van der Waals surface area contributed by atoms with E-state index in [-0.39, 0.29) is 17.7 Å². The lowest BCUT2D eigenvalue weighted by Crippen LogP contribution is -2.36. The Hall–Kier alpha value is -2.05. The van der Waals surface area contributed by atoms with Gasteiger partial charge in [0.2, 0.25) is 10.0 Å². The van der Waals surface area contributed by atoms with Crippen LogP contribution in [0.3, 0.4) is 0 Å². The molecule has 0 aromatic heterocycles. The first kappa shape index (κ1) is 17.8. The molecule has 1 aliphatic heterocycles. The summed E-state index contributed by atoms with van der Waals surface area (Å²) in [7, 11) is -3.33. The van der Waals surface area contributed by atoms with Crippen LogP contribution in [0, 0.1) is 0 Å². The molecule has 2 aromatic carbocycles. The minimum Gasteiger partial charge on any atom is -0.322 e. The van der Waals surface area contributed by atoms with Gasteiger partial charge in [-0.2, -0.15) is 0 Å². The van der Waals surface area contributed by atoms with E-state index in [0.717, 1.165) is 5.56 Å². The maximum absolute atomic E-state index is 12.5. The van der Waals surface area contributed by atoms with Crippen molar-refractivity contribution in [1.29, 1.82) is 0 Å². The summed E-state index contributed by atoms with van der Waals surface area (Å²) in [5.74, 6) is -0.206. The molecule has 1 N–H and O–H groups in total. The fourth-order valence-electron chi connectivity index (χ4n) is 3.08. The smallest absolute Gasteiger partial charge is 0.255 e. The summed E-state index contributed by atoms with van der Waals surface area (Å²) in [5.41, 5.74) is 2.63. The topological polar surface area (TPSA) is 66.5 Å². The first-order chi connectivity index (χ1) is 11.8. The highest BCUT2D eigenvalue weighted by Crippen LogP contribution is 2.35. The van der Waals surface area contributed by atoms with Crippen LogP contribution in [0.5, 0.6) is 0 Å². The number of hydrogen-bond acceptors (Lipinski definition) is 3. The van der Waals surface area contributed by atoms with Gasteiger partial charge in [-0.1, -0.05) is 17.7 Å². The highest BCUT2D eigenvalue weighted by molar-refractivity contribution is 7.92. The second-order valence-electron chi connectivity index (χ2n) is 6.06.